The van der Waals surface area contributed by atoms with Gasteiger partial charge in [0, 0.05) is 55.4 Å². The fourth-order valence-electron chi connectivity index (χ4n) is 6.16. The van der Waals surface area contributed by atoms with Crippen molar-refractivity contribution in [2.75, 3.05) is 26.9 Å². The highest BCUT2D eigenvalue weighted by Gasteiger charge is 2.55. The van der Waals surface area contributed by atoms with Crippen molar-refractivity contribution in [1.29, 1.82) is 0 Å². The van der Waals surface area contributed by atoms with Gasteiger partial charge in [0.15, 0.2) is 35.9 Å². The first-order valence-corrected chi connectivity index (χ1v) is 19.0. The predicted octanol–water partition coefficient (Wildman–Crippen LogP) is -0.558. The topological polar surface area (TPSA) is 303 Å². The van der Waals surface area contributed by atoms with Crippen LogP contribution in [0.2, 0.25) is 0 Å². The van der Waals surface area contributed by atoms with Crippen LogP contribution in [0.5, 0.6) is 11.5 Å². The zero-order valence-electron chi connectivity index (χ0n) is 35.7. The van der Waals surface area contributed by atoms with Crippen LogP contribution in [0, 0.1) is 0 Å². The van der Waals surface area contributed by atoms with Gasteiger partial charge in [-0.1, -0.05) is 6.07 Å². The first-order valence-electron chi connectivity index (χ1n) is 19.0. The third-order valence-electron chi connectivity index (χ3n) is 8.41. The highest BCUT2D eigenvalue weighted by molar-refractivity contribution is 5.83. The van der Waals surface area contributed by atoms with Gasteiger partial charge < -0.3 is 66.9 Å². The van der Waals surface area contributed by atoms with Crippen molar-refractivity contribution in [3.05, 3.63) is 23.8 Å². The van der Waals surface area contributed by atoms with Crippen LogP contribution in [0.4, 0.5) is 0 Å². The number of benzene rings is 1. The van der Waals surface area contributed by atoms with E-state index in [1.807, 2.05) is 0 Å². The number of nitrogens with one attached hydrogen (secondary N) is 1. The molecule has 0 bridgehead atoms. The minimum absolute atomic E-state index is 0.173. The Labute approximate surface area is 359 Å². The van der Waals surface area contributed by atoms with Gasteiger partial charge in [-0.15, -0.1) is 0 Å². The van der Waals surface area contributed by atoms with Gasteiger partial charge >= 0.3 is 53.7 Å². The summed E-state index contributed by atoms with van der Waals surface area (Å²) in [6, 6.07) is 3.82. The van der Waals surface area contributed by atoms with E-state index < -0.39 is 147 Å². The highest BCUT2D eigenvalue weighted by Crippen LogP contribution is 2.38. The predicted molar refractivity (Wildman–Crippen MR) is 200 cm³/mol. The van der Waals surface area contributed by atoms with Crippen molar-refractivity contribution in [2.45, 2.75) is 123 Å². The van der Waals surface area contributed by atoms with Gasteiger partial charge in [-0.2, -0.15) is 0 Å². The van der Waals surface area contributed by atoms with E-state index in [0.717, 1.165) is 62.5 Å². The van der Waals surface area contributed by atoms with Crippen molar-refractivity contribution in [1.82, 2.24) is 5.32 Å². The number of hydrogen-bond donors (Lipinski definition) is 1. The number of amides is 1. The zero-order valence-corrected chi connectivity index (χ0v) is 35.7. The lowest BCUT2D eigenvalue weighted by atomic mass is 9.98. The van der Waals surface area contributed by atoms with Crippen molar-refractivity contribution in [3.8, 4) is 11.5 Å². The third kappa shape index (κ3) is 16.0. The van der Waals surface area contributed by atoms with Crippen LogP contribution >= 0.6 is 0 Å². The Morgan fingerprint density at radius 2 is 0.889 bits per heavy atom. The molecule has 0 saturated carbocycles. The fraction of sp³-hybridized carbons (Fsp3) is 0.590. The van der Waals surface area contributed by atoms with E-state index in [2.05, 4.69) is 10.1 Å². The fourth-order valence-corrected chi connectivity index (χ4v) is 6.16. The van der Waals surface area contributed by atoms with E-state index >= 15 is 0 Å². The molecule has 1 aromatic rings. The van der Waals surface area contributed by atoms with E-state index in [9.17, 15) is 47.9 Å². The molecule has 2 fully saturated rings. The minimum atomic E-state index is -1.85. The van der Waals surface area contributed by atoms with Crippen LogP contribution in [0.25, 0.3) is 0 Å². The molecule has 63 heavy (non-hydrogen) atoms. The molecule has 0 aliphatic carbocycles. The summed E-state index contributed by atoms with van der Waals surface area (Å²) < 4.78 is 72.3. The Hall–Kier alpha value is -6.56. The van der Waals surface area contributed by atoms with E-state index in [1.165, 1.54) is 18.2 Å². The summed E-state index contributed by atoms with van der Waals surface area (Å²) in [4.78, 5) is 123. The Morgan fingerprint density at radius 1 is 0.508 bits per heavy atom. The molecule has 1 N–H and O–H groups in total. The second-order valence-electron chi connectivity index (χ2n) is 13.7. The smallest absolute Gasteiger partial charge is 0.325 e. The Morgan fingerprint density at radius 3 is 1.27 bits per heavy atom. The lowest BCUT2D eigenvalue weighted by Gasteiger charge is -2.44. The lowest BCUT2D eigenvalue weighted by molar-refractivity contribution is -0.292. The molecule has 0 aromatic heterocycles. The molecule has 2 aliphatic heterocycles. The van der Waals surface area contributed by atoms with Crippen molar-refractivity contribution >= 4 is 59.6 Å². The Balaban J connectivity index is 2.25. The molecule has 1 aromatic carbocycles. The molecule has 10 atom stereocenters. The van der Waals surface area contributed by atoms with Gasteiger partial charge in [0.1, 0.15) is 32.0 Å². The van der Waals surface area contributed by atoms with Crippen molar-refractivity contribution in [2.24, 2.45) is 0 Å². The summed E-state index contributed by atoms with van der Waals surface area (Å²) in [7, 11) is 1.12. The number of carbonyl (C=O) groups excluding carboxylic acids is 10. The molecule has 2 aliphatic rings. The van der Waals surface area contributed by atoms with Gasteiger partial charge in [0.2, 0.25) is 30.7 Å². The summed E-state index contributed by atoms with van der Waals surface area (Å²) >= 11 is 0. The average Bonchev–Trinajstić information content (AvgIpc) is 3.16. The van der Waals surface area contributed by atoms with Crippen molar-refractivity contribution in [3.63, 3.8) is 0 Å². The molecule has 0 unspecified atom stereocenters. The van der Waals surface area contributed by atoms with Gasteiger partial charge in [-0.25, -0.2) is 0 Å². The second-order valence-corrected chi connectivity index (χ2v) is 13.7. The monoisotopic (exact) mass is 899 g/mol. The average molecular weight is 900 g/mol. The quantitative estimate of drug-likeness (QED) is 0.143. The SMILES string of the molecule is COC(=O)CNC(=O)Cc1ccc(O[C@@H]2O[C@H](COC(C)=O)[C@@H](OC(C)=O)[C@H](OC(C)=O)[C@H]2OC(C)=O)c(O[C@@H]2O[C@H](COC(C)=O)[C@@H](OC(C)=O)[C@H](OC(C)=O)[C@H]2OC(C)=O)c1. The van der Waals surface area contributed by atoms with Crippen LogP contribution in [0.15, 0.2) is 18.2 Å². The summed E-state index contributed by atoms with van der Waals surface area (Å²) in [6.07, 6.45) is -16.9. The van der Waals surface area contributed by atoms with E-state index in [0.29, 0.717) is 0 Å². The molecule has 24 nitrogen and oxygen atoms in total. The molecular weight excluding hydrogens is 850 g/mol. The number of methoxy groups -OCH3 is 1. The Kier molecular flexibility index (Phi) is 19.0. The lowest BCUT2D eigenvalue weighted by Crippen LogP contribution is -2.64. The number of rotatable bonds is 18. The van der Waals surface area contributed by atoms with Crippen LogP contribution in [0.1, 0.15) is 61.0 Å². The summed E-state index contributed by atoms with van der Waals surface area (Å²) in [5.74, 6) is -9.25. The van der Waals surface area contributed by atoms with Gasteiger partial charge in [-0.3, -0.25) is 47.9 Å². The molecule has 0 spiro atoms. The van der Waals surface area contributed by atoms with Crippen LogP contribution in [-0.2, 0) is 106 Å². The Bertz CT molecular complexity index is 1880. The molecule has 3 rings (SSSR count). The minimum Gasteiger partial charge on any atom is -0.468 e. The van der Waals surface area contributed by atoms with Gasteiger partial charge in [-0.05, 0) is 17.7 Å². The van der Waals surface area contributed by atoms with Crippen LogP contribution < -0.4 is 14.8 Å². The number of carbonyl (C=O) groups is 10. The second kappa shape index (κ2) is 23.6. The van der Waals surface area contributed by atoms with Crippen LogP contribution in [-0.4, -0.2) is 148 Å². The van der Waals surface area contributed by atoms with E-state index in [1.54, 1.807) is 0 Å². The first-order chi connectivity index (χ1) is 29.6. The molecular formula is C39H49NO23. The normalized spacial score (nSPS) is 25.0. The largest absolute Gasteiger partial charge is 0.468 e. The molecule has 0 radical (unpaired) electrons. The molecule has 2 heterocycles. The van der Waals surface area contributed by atoms with E-state index in [4.69, 9.17) is 56.8 Å². The maximum atomic E-state index is 12.9. The molecule has 348 valence electrons. The van der Waals surface area contributed by atoms with Crippen LogP contribution in [0.3, 0.4) is 0 Å². The standard InChI is InChI=1S/C39H49NO23/c1-17(41)52-15-28-32(54-19(3)43)34(56-21(5)45)36(58-23(7)47)38(62-28)60-26-11-10-25(13-30(49)40-14-31(50)51-9)12-27(26)61-39-37(59-24(8)48)35(57-22(6)46)33(55-20(4)44)29(63-39)16-53-18(2)42/h10-12,28-29,32-39H,13-16H2,1-9H3,(H,40,49)/t28-,29-,32-,33-,34+,35+,36-,37-,38-,39-/m1/s1. The summed E-state index contributed by atoms with van der Waals surface area (Å²) in [6.45, 7) is 6.55. The van der Waals surface area contributed by atoms with Gasteiger partial charge in [0.25, 0.3) is 0 Å². The summed E-state index contributed by atoms with van der Waals surface area (Å²) in [5, 5.41) is 2.37. The summed E-state index contributed by atoms with van der Waals surface area (Å²) in [5.41, 5.74) is 0.173. The third-order valence-corrected chi connectivity index (χ3v) is 8.41. The first kappa shape index (κ1) is 50.8. The zero-order chi connectivity index (χ0) is 47.1. The van der Waals surface area contributed by atoms with Gasteiger partial charge in [0.05, 0.1) is 13.5 Å². The van der Waals surface area contributed by atoms with Crippen molar-refractivity contribution < 1.29 is 110 Å². The molecule has 2 saturated heterocycles. The number of hydrogen-bond acceptors (Lipinski definition) is 23. The number of esters is 9. The maximum absolute atomic E-state index is 12.9. The van der Waals surface area contributed by atoms with E-state index in [-0.39, 0.29) is 17.1 Å². The highest BCUT2D eigenvalue weighted by atomic mass is 16.8. The molecule has 24 heteroatoms. The maximum Gasteiger partial charge on any atom is 0.325 e. The number of ether oxygens (including phenoxy) is 13. The molecule has 1 amide bonds.